The molecule has 0 radical (unpaired) electrons. The van der Waals surface area contributed by atoms with Crippen molar-refractivity contribution in [3.8, 4) is 0 Å². The smallest absolute Gasteiger partial charge is 0.336 e. The molecule has 0 aliphatic carbocycles. The first-order chi connectivity index (χ1) is 14.1. The number of thioether (sulfide) groups is 1. The molecule has 4 rings (SSSR count). The number of hydrogen-bond donors (Lipinski definition) is 0. The molecule has 0 saturated heterocycles. The summed E-state index contributed by atoms with van der Waals surface area (Å²) < 4.78 is 11.2. The van der Waals surface area contributed by atoms with E-state index in [1.165, 1.54) is 23.4 Å². The normalized spacial score (nSPS) is 12.3. The molecular formula is C23H22N2O3S. The van der Waals surface area contributed by atoms with E-state index >= 15 is 0 Å². The standard InChI is InChI=1S/C23H22N2O3S/c1-3-16-9-10-19-18(13-22(26)27-20(19)12-16)14-29-23-25-24-21(28-23)11-15(2)17-7-5-4-6-8-17/h4-10,12-13,15H,3,11,14H2,1-2H3. The summed E-state index contributed by atoms with van der Waals surface area (Å²) in [6.45, 7) is 4.22. The summed E-state index contributed by atoms with van der Waals surface area (Å²) in [5.74, 6) is 1.47. The molecule has 2 aromatic heterocycles. The summed E-state index contributed by atoms with van der Waals surface area (Å²) >= 11 is 1.43. The zero-order valence-electron chi connectivity index (χ0n) is 16.4. The van der Waals surface area contributed by atoms with Crippen LogP contribution in [0.4, 0.5) is 0 Å². The van der Waals surface area contributed by atoms with Crippen molar-refractivity contribution >= 4 is 22.7 Å². The summed E-state index contributed by atoms with van der Waals surface area (Å²) in [5, 5.41) is 9.77. The molecule has 4 aromatic rings. The van der Waals surface area contributed by atoms with Gasteiger partial charge in [0.05, 0.1) is 0 Å². The van der Waals surface area contributed by atoms with Crippen LogP contribution in [0.15, 0.2) is 73.4 Å². The fraction of sp³-hybridized carbons (Fsp3) is 0.261. The highest BCUT2D eigenvalue weighted by molar-refractivity contribution is 7.98. The van der Waals surface area contributed by atoms with Crippen LogP contribution in [0, 0.1) is 0 Å². The largest absolute Gasteiger partial charge is 0.423 e. The lowest BCUT2D eigenvalue weighted by Crippen LogP contribution is -2.00. The van der Waals surface area contributed by atoms with E-state index in [0.717, 1.165) is 22.9 Å². The van der Waals surface area contributed by atoms with Crippen LogP contribution in [0.1, 0.15) is 42.3 Å². The minimum absolute atomic E-state index is 0.296. The third-order valence-corrected chi connectivity index (χ3v) is 5.82. The van der Waals surface area contributed by atoms with Gasteiger partial charge in [-0.2, -0.15) is 0 Å². The quantitative estimate of drug-likeness (QED) is 0.303. The van der Waals surface area contributed by atoms with Crippen molar-refractivity contribution in [2.24, 2.45) is 0 Å². The number of benzene rings is 2. The van der Waals surface area contributed by atoms with Crippen LogP contribution in [-0.2, 0) is 18.6 Å². The molecule has 148 valence electrons. The number of aryl methyl sites for hydroxylation is 1. The van der Waals surface area contributed by atoms with Gasteiger partial charge >= 0.3 is 5.63 Å². The molecule has 0 N–H and O–H groups in total. The van der Waals surface area contributed by atoms with Gasteiger partial charge in [0, 0.05) is 23.6 Å². The summed E-state index contributed by atoms with van der Waals surface area (Å²) in [6.07, 6.45) is 1.58. The average Bonchev–Trinajstić information content (AvgIpc) is 3.19. The maximum atomic E-state index is 11.9. The summed E-state index contributed by atoms with van der Waals surface area (Å²) in [7, 11) is 0. The Kier molecular flexibility index (Phi) is 5.81. The molecule has 29 heavy (non-hydrogen) atoms. The van der Waals surface area contributed by atoms with Gasteiger partial charge in [-0.3, -0.25) is 0 Å². The molecule has 1 atom stereocenters. The lowest BCUT2D eigenvalue weighted by atomic mass is 9.98. The minimum Gasteiger partial charge on any atom is -0.423 e. The molecule has 0 spiro atoms. The molecule has 0 aliphatic heterocycles. The van der Waals surface area contributed by atoms with Crippen molar-refractivity contribution in [3.05, 3.63) is 87.6 Å². The van der Waals surface area contributed by atoms with Crippen LogP contribution in [0.5, 0.6) is 0 Å². The predicted molar refractivity (Wildman–Crippen MR) is 114 cm³/mol. The molecule has 5 nitrogen and oxygen atoms in total. The number of rotatable bonds is 7. The molecular weight excluding hydrogens is 384 g/mol. The van der Waals surface area contributed by atoms with Gasteiger partial charge in [0.2, 0.25) is 5.89 Å². The predicted octanol–water partition coefficient (Wildman–Crippen LogP) is 5.38. The molecule has 0 amide bonds. The molecule has 0 saturated carbocycles. The zero-order valence-corrected chi connectivity index (χ0v) is 17.2. The van der Waals surface area contributed by atoms with Gasteiger partial charge in [0.15, 0.2) is 0 Å². The van der Waals surface area contributed by atoms with E-state index < -0.39 is 0 Å². The van der Waals surface area contributed by atoms with E-state index in [0.29, 0.717) is 34.8 Å². The Hall–Kier alpha value is -2.86. The van der Waals surface area contributed by atoms with Crippen molar-refractivity contribution < 1.29 is 8.83 Å². The van der Waals surface area contributed by atoms with Crippen LogP contribution < -0.4 is 5.63 Å². The number of aromatic nitrogens is 2. The summed E-state index contributed by atoms with van der Waals surface area (Å²) in [6, 6.07) is 17.8. The Balaban J connectivity index is 1.47. The molecule has 0 fully saturated rings. The molecule has 6 heteroatoms. The highest BCUT2D eigenvalue weighted by Gasteiger charge is 2.14. The van der Waals surface area contributed by atoms with Gasteiger partial charge in [-0.25, -0.2) is 4.79 Å². The molecule has 0 bridgehead atoms. The topological polar surface area (TPSA) is 69.1 Å². The Morgan fingerprint density at radius 1 is 1.03 bits per heavy atom. The first-order valence-electron chi connectivity index (χ1n) is 9.68. The van der Waals surface area contributed by atoms with Gasteiger partial charge in [-0.05, 0) is 35.1 Å². The molecule has 0 aliphatic rings. The second-order valence-electron chi connectivity index (χ2n) is 7.04. The lowest BCUT2D eigenvalue weighted by molar-refractivity contribution is 0.404. The van der Waals surface area contributed by atoms with E-state index in [-0.39, 0.29) is 5.63 Å². The Labute approximate surface area is 173 Å². The Bertz CT molecular complexity index is 1170. The van der Waals surface area contributed by atoms with E-state index in [1.54, 1.807) is 0 Å². The monoisotopic (exact) mass is 406 g/mol. The fourth-order valence-corrected chi connectivity index (χ4v) is 4.07. The maximum absolute atomic E-state index is 11.9. The highest BCUT2D eigenvalue weighted by atomic mass is 32.2. The van der Waals surface area contributed by atoms with Crippen molar-refractivity contribution in [1.82, 2.24) is 10.2 Å². The van der Waals surface area contributed by atoms with Crippen molar-refractivity contribution in [1.29, 1.82) is 0 Å². The number of fused-ring (bicyclic) bond motifs is 1. The van der Waals surface area contributed by atoms with Gasteiger partial charge in [0.1, 0.15) is 5.58 Å². The number of nitrogens with zero attached hydrogens (tertiary/aromatic N) is 2. The number of hydrogen-bond acceptors (Lipinski definition) is 6. The second-order valence-corrected chi connectivity index (χ2v) is 7.97. The van der Waals surface area contributed by atoms with Crippen molar-refractivity contribution in [2.45, 2.75) is 43.6 Å². The van der Waals surface area contributed by atoms with Gasteiger partial charge in [0.25, 0.3) is 5.22 Å². The molecule has 2 heterocycles. The zero-order chi connectivity index (χ0) is 20.2. The van der Waals surface area contributed by atoms with Crippen LogP contribution in [0.3, 0.4) is 0 Å². The maximum Gasteiger partial charge on any atom is 0.336 e. The molecule has 2 aromatic carbocycles. The van der Waals surface area contributed by atoms with Crippen molar-refractivity contribution in [2.75, 3.05) is 0 Å². The fourth-order valence-electron chi connectivity index (χ4n) is 3.29. The Morgan fingerprint density at radius 3 is 2.66 bits per heavy atom. The third-order valence-electron chi connectivity index (χ3n) is 4.95. The van der Waals surface area contributed by atoms with E-state index in [2.05, 4.69) is 42.2 Å². The van der Waals surface area contributed by atoms with Gasteiger partial charge in [-0.15, -0.1) is 10.2 Å². The van der Waals surface area contributed by atoms with Crippen LogP contribution in [0.25, 0.3) is 11.0 Å². The van der Waals surface area contributed by atoms with Crippen LogP contribution in [-0.4, -0.2) is 10.2 Å². The minimum atomic E-state index is -0.343. The summed E-state index contributed by atoms with van der Waals surface area (Å²) in [5.41, 5.74) is 3.56. The van der Waals surface area contributed by atoms with Crippen molar-refractivity contribution in [3.63, 3.8) is 0 Å². The highest BCUT2D eigenvalue weighted by Crippen LogP contribution is 2.27. The van der Waals surface area contributed by atoms with Crippen LogP contribution >= 0.6 is 11.8 Å². The van der Waals surface area contributed by atoms with E-state index in [4.69, 9.17) is 8.83 Å². The first kappa shape index (κ1) is 19.5. The Morgan fingerprint density at radius 2 is 1.86 bits per heavy atom. The van der Waals surface area contributed by atoms with E-state index in [9.17, 15) is 4.79 Å². The van der Waals surface area contributed by atoms with Gasteiger partial charge in [-0.1, -0.05) is 68.1 Å². The first-order valence-corrected chi connectivity index (χ1v) is 10.7. The average molecular weight is 407 g/mol. The second kappa shape index (κ2) is 8.66. The lowest BCUT2D eigenvalue weighted by Gasteiger charge is -2.08. The SMILES string of the molecule is CCc1ccc2c(CSc3nnc(CC(C)c4ccccc4)o3)cc(=O)oc2c1. The van der Waals surface area contributed by atoms with E-state index in [1.807, 2.05) is 30.3 Å². The third kappa shape index (κ3) is 4.59. The van der Waals surface area contributed by atoms with Gasteiger partial charge < -0.3 is 8.83 Å². The summed E-state index contributed by atoms with van der Waals surface area (Å²) in [4.78, 5) is 11.9. The molecule has 1 unspecified atom stereocenters. The van der Waals surface area contributed by atoms with Crippen LogP contribution in [0.2, 0.25) is 0 Å².